The Morgan fingerprint density at radius 1 is 1.12 bits per heavy atom. The van der Waals surface area contributed by atoms with Crippen LogP contribution >= 0.6 is 0 Å². The number of amides is 1. The number of rotatable bonds is 4. The number of nitrogens with zero attached hydrogens (tertiary/aromatic N) is 2. The zero-order valence-corrected chi connectivity index (χ0v) is 15.6. The highest BCUT2D eigenvalue weighted by Crippen LogP contribution is 2.36. The van der Waals surface area contributed by atoms with Crippen LogP contribution in [-0.2, 0) is 24.1 Å². The third kappa shape index (κ3) is 2.68. The van der Waals surface area contributed by atoms with Crippen LogP contribution in [0.1, 0.15) is 48.8 Å². The summed E-state index contributed by atoms with van der Waals surface area (Å²) in [5.41, 5.74) is 4.20. The molecule has 0 spiro atoms. The highest BCUT2D eigenvalue weighted by Gasteiger charge is 2.50. The molecular weight excluding hydrogens is 328 g/mol. The molecule has 0 unspecified atom stereocenters. The van der Waals surface area contributed by atoms with E-state index >= 15 is 0 Å². The molecule has 2 aliphatic heterocycles. The molecule has 3 fully saturated rings. The molecule has 5 nitrogen and oxygen atoms in total. The summed E-state index contributed by atoms with van der Waals surface area (Å²) in [5.74, 6) is 1.01. The highest BCUT2D eigenvalue weighted by atomic mass is 16.6. The first-order valence-electron chi connectivity index (χ1n) is 10.1. The Labute approximate surface area is 155 Å². The summed E-state index contributed by atoms with van der Waals surface area (Å²) in [6.45, 7) is 2.62. The van der Waals surface area contributed by atoms with E-state index in [1.807, 2.05) is 0 Å². The molecule has 1 aromatic rings. The molecule has 0 N–H and O–H groups in total. The summed E-state index contributed by atoms with van der Waals surface area (Å²) in [4.78, 5) is 16.8. The quantitative estimate of drug-likeness (QED) is 0.831. The lowest BCUT2D eigenvalue weighted by Gasteiger charge is -2.28. The van der Waals surface area contributed by atoms with Gasteiger partial charge in [0.05, 0.1) is 13.2 Å². The second kappa shape index (κ2) is 6.45. The fourth-order valence-corrected chi connectivity index (χ4v) is 5.48. The molecule has 2 saturated heterocycles. The lowest BCUT2D eigenvalue weighted by molar-refractivity contribution is 0.113. The Morgan fingerprint density at radius 3 is 2.65 bits per heavy atom. The molecule has 5 heteroatoms. The van der Waals surface area contributed by atoms with Crippen molar-refractivity contribution in [1.82, 2.24) is 9.80 Å². The predicted molar refractivity (Wildman–Crippen MR) is 98.4 cm³/mol. The predicted octanol–water partition coefficient (Wildman–Crippen LogP) is 3.13. The summed E-state index contributed by atoms with van der Waals surface area (Å²) < 4.78 is 11.4. The van der Waals surface area contributed by atoms with Crippen LogP contribution in [0.2, 0.25) is 0 Å². The van der Waals surface area contributed by atoms with Gasteiger partial charge in [0.25, 0.3) is 0 Å². The summed E-state index contributed by atoms with van der Waals surface area (Å²) >= 11 is 0. The smallest absolute Gasteiger partial charge is 0.410 e. The molecule has 0 radical (unpaired) electrons. The number of hydrogen-bond acceptors (Lipinski definition) is 4. The van der Waals surface area contributed by atoms with Crippen LogP contribution < -0.4 is 4.74 Å². The molecule has 1 saturated carbocycles. The van der Waals surface area contributed by atoms with Gasteiger partial charge in [-0.2, -0.15) is 0 Å². The maximum Gasteiger partial charge on any atom is 0.410 e. The minimum Gasteiger partial charge on any atom is -0.496 e. The highest BCUT2D eigenvalue weighted by molar-refractivity contribution is 5.71. The van der Waals surface area contributed by atoms with Crippen LogP contribution in [0, 0.1) is 0 Å². The van der Waals surface area contributed by atoms with Crippen molar-refractivity contribution in [3.63, 3.8) is 0 Å². The van der Waals surface area contributed by atoms with Gasteiger partial charge in [0.15, 0.2) is 0 Å². The third-order valence-electron chi connectivity index (χ3n) is 6.74. The van der Waals surface area contributed by atoms with E-state index in [-0.39, 0.29) is 18.2 Å². The number of carbonyl (C=O) groups is 1. The maximum atomic E-state index is 12.3. The second-order valence-electron chi connectivity index (χ2n) is 8.32. The molecule has 2 aliphatic carbocycles. The lowest BCUT2D eigenvalue weighted by Crippen LogP contribution is -2.43. The first-order valence-corrected chi connectivity index (χ1v) is 10.1. The molecule has 0 aromatic heterocycles. The van der Waals surface area contributed by atoms with Crippen LogP contribution in [-0.4, -0.2) is 54.3 Å². The number of methoxy groups -OCH3 is 1. The summed E-state index contributed by atoms with van der Waals surface area (Å²) in [5, 5.41) is 0. The molecule has 0 bridgehead atoms. The van der Waals surface area contributed by atoms with E-state index in [1.54, 1.807) is 7.11 Å². The Bertz CT molecular complexity index is 713. The van der Waals surface area contributed by atoms with Crippen molar-refractivity contribution in [2.45, 2.75) is 69.7 Å². The molecule has 5 rings (SSSR count). The van der Waals surface area contributed by atoms with Crippen molar-refractivity contribution in [1.29, 1.82) is 0 Å². The minimum atomic E-state index is -0.0818. The minimum absolute atomic E-state index is 0.0310. The SMILES string of the molecule is COc1cc2c(cc1CN1C[C@@H]3OC(=O)N(C4CCCC4)[C@@H]3C1)CCC2. The van der Waals surface area contributed by atoms with Gasteiger partial charge in [0.2, 0.25) is 0 Å². The van der Waals surface area contributed by atoms with Crippen LogP contribution in [0.5, 0.6) is 5.75 Å². The van der Waals surface area contributed by atoms with E-state index in [0.717, 1.165) is 38.2 Å². The zero-order chi connectivity index (χ0) is 17.7. The molecule has 26 heavy (non-hydrogen) atoms. The van der Waals surface area contributed by atoms with Crippen molar-refractivity contribution in [2.75, 3.05) is 20.2 Å². The van der Waals surface area contributed by atoms with Gasteiger partial charge in [-0.15, -0.1) is 0 Å². The average Bonchev–Trinajstić information content (AvgIpc) is 3.38. The van der Waals surface area contributed by atoms with Gasteiger partial charge >= 0.3 is 6.09 Å². The Morgan fingerprint density at radius 2 is 1.88 bits per heavy atom. The van der Waals surface area contributed by atoms with Crippen molar-refractivity contribution in [3.8, 4) is 5.75 Å². The summed E-state index contributed by atoms with van der Waals surface area (Å²) in [6, 6.07) is 5.20. The normalized spacial score (nSPS) is 28.5. The lowest BCUT2D eigenvalue weighted by atomic mass is 10.0. The molecule has 140 valence electrons. The van der Waals surface area contributed by atoms with Crippen LogP contribution in [0.4, 0.5) is 4.79 Å². The molecule has 1 aromatic carbocycles. The number of carbonyl (C=O) groups excluding carboxylic acids is 1. The topological polar surface area (TPSA) is 42.0 Å². The maximum absolute atomic E-state index is 12.3. The van der Waals surface area contributed by atoms with Crippen molar-refractivity contribution in [3.05, 3.63) is 28.8 Å². The third-order valence-corrected chi connectivity index (χ3v) is 6.74. The number of likely N-dealkylation sites (tertiary alicyclic amines) is 1. The molecular formula is C21H28N2O3. The van der Waals surface area contributed by atoms with Gasteiger partial charge in [0.1, 0.15) is 11.9 Å². The first-order chi connectivity index (χ1) is 12.7. The Kier molecular flexibility index (Phi) is 4.07. The van der Waals surface area contributed by atoms with Crippen LogP contribution in [0.3, 0.4) is 0 Å². The van der Waals surface area contributed by atoms with Gasteiger partial charge in [-0.3, -0.25) is 9.80 Å². The zero-order valence-electron chi connectivity index (χ0n) is 15.6. The summed E-state index contributed by atoms with van der Waals surface area (Å²) in [6.07, 6.45) is 8.31. The molecule has 2 atom stereocenters. The average molecular weight is 356 g/mol. The summed E-state index contributed by atoms with van der Waals surface area (Å²) in [7, 11) is 1.77. The van der Waals surface area contributed by atoms with Gasteiger partial charge in [-0.05, 0) is 49.3 Å². The van der Waals surface area contributed by atoms with Gasteiger partial charge in [-0.25, -0.2) is 4.79 Å². The van der Waals surface area contributed by atoms with E-state index < -0.39 is 0 Å². The van der Waals surface area contributed by atoms with Crippen molar-refractivity contribution < 1.29 is 14.3 Å². The fraction of sp³-hybridized carbons (Fsp3) is 0.667. The van der Waals surface area contributed by atoms with Crippen LogP contribution in [0.25, 0.3) is 0 Å². The number of aryl methyl sites for hydroxylation is 2. The second-order valence-corrected chi connectivity index (χ2v) is 8.32. The first kappa shape index (κ1) is 16.4. The van der Waals surface area contributed by atoms with Gasteiger partial charge in [0, 0.05) is 31.2 Å². The van der Waals surface area contributed by atoms with E-state index in [2.05, 4.69) is 21.9 Å². The largest absolute Gasteiger partial charge is 0.496 e. The Balaban J connectivity index is 1.32. The monoisotopic (exact) mass is 356 g/mol. The van der Waals surface area contributed by atoms with E-state index in [0.29, 0.717) is 6.04 Å². The number of ether oxygens (including phenoxy) is 2. The molecule has 2 heterocycles. The van der Waals surface area contributed by atoms with E-state index in [1.165, 1.54) is 48.8 Å². The van der Waals surface area contributed by atoms with Crippen LogP contribution in [0.15, 0.2) is 12.1 Å². The number of fused-ring (bicyclic) bond motifs is 2. The fourth-order valence-electron chi connectivity index (χ4n) is 5.48. The Hall–Kier alpha value is -1.75. The van der Waals surface area contributed by atoms with Gasteiger partial charge in [-0.1, -0.05) is 18.9 Å². The number of benzene rings is 1. The van der Waals surface area contributed by atoms with E-state index in [4.69, 9.17) is 9.47 Å². The number of hydrogen-bond donors (Lipinski definition) is 0. The van der Waals surface area contributed by atoms with Crippen molar-refractivity contribution in [2.24, 2.45) is 0 Å². The standard InChI is InChI=1S/C21H28N2O3/c1-25-19-10-15-6-4-5-14(15)9-16(19)11-22-12-18-20(13-22)26-21(24)23(18)17-7-2-3-8-17/h9-10,17-18,20H,2-8,11-13H2,1H3/t18-,20+/m1/s1. The van der Waals surface area contributed by atoms with Gasteiger partial charge < -0.3 is 9.47 Å². The van der Waals surface area contributed by atoms with E-state index in [9.17, 15) is 4.79 Å². The molecule has 4 aliphatic rings. The van der Waals surface area contributed by atoms with Crippen molar-refractivity contribution >= 4 is 6.09 Å². The molecule has 1 amide bonds.